The van der Waals surface area contributed by atoms with Crippen LogP contribution in [0.15, 0.2) is 59.0 Å². The van der Waals surface area contributed by atoms with E-state index in [4.69, 9.17) is 13.7 Å². The van der Waals surface area contributed by atoms with Crippen molar-refractivity contribution in [3.8, 4) is 5.75 Å². The molecule has 176 valence electrons. The van der Waals surface area contributed by atoms with E-state index in [0.29, 0.717) is 18.1 Å². The maximum absolute atomic E-state index is 13.2. The maximum Gasteiger partial charge on any atom is 0.300 e. The quantitative estimate of drug-likeness (QED) is 0.476. The molecular formula is C24H28N2O6S. The summed E-state index contributed by atoms with van der Waals surface area (Å²) in [5.41, 5.74) is 1.58. The highest BCUT2D eigenvalue weighted by molar-refractivity contribution is 7.85. The number of hydrogen-bond donors (Lipinski definition) is 1. The molecule has 2 aromatic carbocycles. The van der Waals surface area contributed by atoms with Gasteiger partial charge in [0.15, 0.2) is 0 Å². The standard InChI is InChI=1S/C24H28N2O6S/c1-25(24(27)15-21-14-19-7-2-3-10-23(19)32-21)22(16-26-11-4-5-12-26)18-8-6-9-20(13-18)31-17-33(28,29)30/h2-3,6-10,13-14,22H,4-5,11-12,15-17H2,1H3,(H,28,29,30)/t22-/m1/s1. The summed E-state index contributed by atoms with van der Waals surface area (Å²) in [7, 11) is -2.48. The monoisotopic (exact) mass is 472 g/mol. The molecule has 1 N–H and O–H groups in total. The molecule has 0 radical (unpaired) electrons. The predicted molar refractivity (Wildman–Crippen MR) is 125 cm³/mol. The fraction of sp³-hybridized carbons (Fsp3) is 0.375. The molecular weight excluding hydrogens is 444 g/mol. The summed E-state index contributed by atoms with van der Waals surface area (Å²) in [6.07, 6.45) is 2.39. The van der Waals surface area contributed by atoms with Crippen LogP contribution in [0.2, 0.25) is 0 Å². The number of amides is 1. The third kappa shape index (κ3) is 6.13. The molecule has 0 aliphatic carbocycles. The third-order valence-corrected chi connectivity index (χ3v) is 6.33. The van der Waals surface area contributed by atoms with E-state index in [1.54, 1.807) is 30.1 Å². The van der Waals surface area contributed by atoms with Gasteiger partial charge in [0.05, 0.1) is 12.5 Å². The highest BCUT2D eigenvalue weighted by Crippen LogP contribution is 2.27. The smallest absolute Gasteiger partial charge is 0.300 e. The molecule has 0 unspecified atom stereocenters. The second-order valence-electron chi connectivity index (χ2n) is 8.37. The van der Waals surface area contributed by atoms with Crippen LogP contribution in [-0.2, 0) is 21.3 Å². The van der Waals surface area contributed by atoms with Crippen LogP contribution in [0.4, 0.5) is 0 Å². The maximum atomic E-state index is 13.2. The van der Waals surface area contributed by atoms with Crippen molar-refractivity contribution in [2.75, 3.05) is 32.6 Å². The number of carbonyl (C=O) groups is 1. The third-order valence-electron chi connectivity index (χ3n) is 5.91. The number of nitrogens with zero attached hydrogens (tertiary/aromatic N) is 2. The molecule has 1 saturated heterocycles. The van der Waals surface area contributed by atoms with Crippen LogP contribution in [0.3, 0.4) is 0 Å². The van der Waals surface area contributed by atoms with Gasteiger partial charge in [0.2, 0.25) is 11.8 Å². The number of hydrogen-bond acceptors (Lipinski definition) is 6. The molecule has 1 amide bonds. The zero-order valence-corrected chi connectivity index (χ0v) is 19.3. The average Bonchev–Trinajstić information content (AvgIpc) is 3.44. The molecule has 9 heteroatoms. The van der Waals surface area contributed by atoms with Gasteiger partial charge < -0.3 is 19.0 Å². The lowest BCUT2D eigenvalue weighted by Crippen LogP contribution is -2.39. The summed E-state index contributed by atoms with van der Waals surface area (Å²) in [6, 6.07) is 16.3. The molecule has 0 spiro atoms. The number of ether oxygens (including phenoxy) is 1. The Morgan fingerprint density at radius 2 is 1.91 bits per heavy atom. The topological polar surface area (TPSA) is 100 Å². The van der Waals surface area contributed by atoms with Gasteiger partial charge in [-0.1, -0.05) is 30.3 Å². The lowest BCUT2D eigenvalue weighted by atomic mass is 10.0. The minimum Gasteiger partial charge on any atom is -0.475 e. The minimum atomic E-state index is -4.26. The molecule has 1 atom stereocenters. The SMILES string of the molecule is CN(C(=O)Cc1cc2ccccc2o1)[C@H](CN1CCCC1)c1cccc(OCS(=O)(=O)O)c1. The van der Waals surface area contributed by atoms with Gasteiger partial charge in [0, 0.05) is 19.0 Å². The van der Waals surface area contributed by atoms with Crippen molar-refractivity contribution in [1.29, 1.82) is 0 Å². The largest absolute Gasteiger partial charge is 0.475 e. The summed E-state index contributed by atoms with van der Waals surface area (Å²) in [4.78, 5) is 17.3. The number of para-hydroxylation sites is 1. The van der Waals surface area contributed by atoms with Crippen LogP contribution in [0.1, 0.15) is 30.2 Å². The first-order valence-electron chi connectivity index (χ1n) is 10.9. The Balaban J connectivity index is 1.54. The lowest BCUT2D eigenvalue weighted by molar-refractivity contribution is -0.132. The van der Waals surface area contributed by atoms with Crippen LogP contribution >= 0.6 is 0 Å². The van der Waals surface area contributed by atoms with Crippen LogP contribution in [0.5, 0.6) is 5.75 Å². The highest BCUT2D eigenvalue weighted by atomic mass is 32.2. The number of rotatable bonds is 9. The molecule has 1 aromatic heterocycles. The number of benzene rings is 2. The first-order valence-corrected chi connectivity index (χ1v) is 12.5. The number of fused-ring (bicyclic) bond motifs is 1. The van der Waals surface area contributed by atoms with Gasteiger partial charge in [-0.15, -0.1) is 0 Å². The van der Waals surface area contributed by atoms with E-state index in [0.717, 1.165) is 42.5 Å². The molecule has 1 aliphatic heterocycles. The van der Waals surface area contributed by atoms with Crippen molar-refractivity contribution < 1.29 is 26.9 Å². The van der Waals surface area contributed by atoms with Gasteiger partial charge in [-0.3, -0.25) is 9.35 Å². The van der Waals surface area contributed by atoms with Gasteiger partial charge in [0.25, 0.3) is 0 Å². The van der Waals surface area contributed by atoms with Gasteiger partial charge in [-0.2, -0.15) is 8.42 Å². The van der Waals surface area contributed by atoms with Crippen LogP contribution in [-0.4, -0.2) is 61.3 Å². The summed E-state index contributed by atoms with van der Waals surface area (Å²) >= 11 is 0. The van der Waals surface area contributed by atoms with Crippen molar-refractivity contribution in [1.82, 2.24) is 9.80 Å². The average molecular weight is 473 g/mol. The van der Waals surface area contributed by atoms with Crippen molar-refractivity contribution in [2.24, 2.45) is 0 Å². The fourth-order valence-corrected chi connectivity index (χ4v) is 4.47. The fourth-order valence-electron chi connectivity index (χ4n) is 4.19. The highest BCUT2D eigenvalue weighted by Gasteiger charge is 2.27. The molecule has 8 nitrogen and oxygen atoms in total. The lowest BCUT2D eigenvalue weighted by Gasteiger charge is -2.32. The number of likely N-dealkylation sites (tertiary alicyclic amines) is 1. The van der Waals surface area contributed by atoms with Crippen molar-refractivity contribution in [3.05, 3.63) is 65.9 Å². The van der Waals surface area contributed by atoms with Crippen LogP contribution in [0.25, 0.3) is 11.0 Å². The Morgan fingerprint density at radius 3 is 2.64 bits per heavy atom. The van der Waals surface area contributed by atoms with E-state index in [1.165, 1.54) is 0 Å². The second kappa shape index (κ2) is 9.94. The van der Waals surface area contributed by atoms with Gasteiger partial charge in [-0.05, 0) is 55.8 Å². The molecule has 1 fully saturated rings. The number of carbonyl (C=O) groups excluding carboxylic acids is 1. The Morgan fingerprint density at radius 1 is 1.15 bits per heavy atom. The zero-order chi connectivity index (χ0) is 23.4. The predicted octanol–water partition coefficient (Wildman–Crippen LogP) is 3.49. The minimum absolute atomic E-state index is 0.0810. The van der Waals surface area contributed by atoms with Crippen LogP contribution in [0, 0.1) is 0 Å². The Hall–Kier alpha value is -2.88. The summed E-state index contributed by atoms with van der Waals surface area (Å²) in [5.74, 6) is 0.0176. The van der Waals surface area contributed by atoms with Gasteiger partial charge in [-0.25, -0.2) is 0 Å². The zero-order valence-electron chi connectivity index (χ0n) is 18.5. The molecule has 33 heavy (non-hydrogen) atoms. The number of likely N-dealkylation sites (N-methyl/N-ethyl adjacent to an activating group) is 1. The Labute approximate surface area is 193 Å². The molecule has 0 bridgehead atoms. The Bertz CT molecular complexity index is 1180. The molecule has 1 aliphatic rings. The molecule has 3 aromatic rings. The van der Waals surface area contributed by atoms with E-state index in [9.17, 15) is 13.2 Å². The first-order chi connectivity index (χ1) is 15.8. The molecule has 2 heterocycles. The number of furan rings is 1. The van der Waals surface area contributed by atoms with E-state index < -0.39 is 16.1 Å². The molecule has 0 saturated carbocycles. The van der Waals surface area contributed by atoms with Gasteiger partial charge >= 0.3 is 10.1 Å². The second-order valence-corrected chi connectivity index (χ2v) is 9.77. The van der Waals surface area contributed by atoms with Crippen LogP contribution < -0.4 is 4.74 Å². The van der Waals surface area contributed by atoms with Gasteiger partial charge in [0.1, 0.15) is 17.1 Å². The van der Waals surface area contributed by atoms with E-state index in [-0.39, 0.29) is 18.4 Å². The van der Waals surface area contributed by atoms with Crippen molar-refractivity contribution >= 4 is 27.0 Å². The normalized spacial score (nSPS) is 15.6. The van der Waals surface area contributed by atoms with E-state index in [2.05, 4.69) is 4.90 Å². The summed E-state index contributed by atoms with van der Waals surface area (Å²) < 4.78 is 42.1. The van der Waals surface area contributed by atoms with E-state index >= 15 is 0 Å². The van der Waals surface area contributed by atoms with E-state index in [1.807, 2.05) is 36.4 Å². The molecule has 4 rings (SSSR count). The van der Waals surface area contributed by atoms with Crippen molar-refractivity contribution in [2.45, 2.75) is 25.3 Å². The Kier molecular flexibility index (Phi) is 7.02. The first kappa shape index (κ1) is 23.3. The summed E-state index contributed by atoms with van der Waals surface area (Å²) in [6.45, 7) is 2.60. The van der Waals surface area contributed by atoms with Crippen molar-refractivity contribution in [3.63, 3.8) is 0 Å². The summed E-state index contributed by atoms with van der Waals surface area (Å²) in [5, 5.41) is 0.959.